The van der Waals surface area contributed by atoms with Gasteiger partial charge in [0.05, 0.1) is 0 Å². The number of ether oxygens (including phenoxy) is 1. The van der Waals surface area contributed by atoms with Crippen LogP contribution < -0.4 is 0 Å². The SMILES string of the molecule is O=CC1=CC/C(=C\O)O1. The molecule has 0 amide bonds. The average Bonchev–Trinajstić information content (AvgIpc) is 2.34. The van der Waals surface area contributed by atoms with Gasteiger partial charge in [-0.05, 0) is 6.08 Å². The number of carbonyl (C=O) groups excluding carboxylic acids is 1. The van der Waals surface area contributed by atoms with Crippen molar-refractivity contribution in [3.8, 4) is 0 Å². The van der Waals surface area contributed by atoms with Gasteiger partial charge in [-0.3, -0.25) is 4.79 Å². The summed E-state index contributed by atoms with van der Waals surface area (Å²) in [5, 5.41) is 8.34. The number of hydrogen-bond donors (Lipinski definition) is 1. The summed E-state index contributed by atoms with van der Waals surface area (Å²) in [5.41, 5.74) is 0. The van der Waals surface area contributed by atoms with Crippen molar-refractivity contribution in [2.45, 2.75) is 6.42 Å². The molecule has 0 fully saturated rings. The van der Waals surface area contributed by atoms with E-state index in [4.69, 9.17) is 9.84 Å². The Balaban J connectivity index is 2.59. The molecule has 0 aromatic rings. The Morgan fingerprint density at radius 2 is 2.56 bits per heavy atom. The number of aliphatic hydroxyl groups is 1. The molecule has 0 atom stereocenters. The molecule has 0 spiro atoms. The second-order valence-corrected chi connectivity index (χ2v) is 1.63. The van der Waals surface area contributed by atoms with Gasteiger partial charge in [-0.25, -0.2) is 0 Å². The van der Waals surface area contributed by atoms with Crippen molar-refractivity contribution in [1.82, 2.24) is 0 Å². The van der Waals surface area contributed by atoms with Gasteiger partial charge in [0.25, 0.3) is 0 Å². The summed E-state index contributed by atoms with van der Waals surface area (Å²) in [6, 6.07) is 0. The molecule has 0 unspecified atom stereocenters. The van der Waals surface area contributed by atoms with Crippen LogP contribution in [-0.2, 0) is 9.53 Å². The van der Waals surface area contributed by atoms with E-state index in [1.54, 1.807) is 6.08 Å². The second-order valence-electron chi connectivity index (χ2n) is 1.63. The van der Waals surface area contributed by atoms with E-state index < -0.39 is 0 Å². The lowest BCUT2D eigenvalue weighted by molar-refractivity contribution is -0.107. The molecule has 0 bridgehead atoms. The van der Waals surface area contributed by atoms with Gasteiger partial charge >= 0.3 is 0 Å². The molecule has 9 heavy (non-hydrogen) atoms. The van der Waals surface area contributed by atoms with Crippen LogP contribution in [0.3, 0.4) is 0 Å². The number of rotatable bonds is 1. The number of carbonyl (C=O) groups is 1. The van der Waals surface area contributed by atoms with Gasteiger partial charge in [0.15, 0.2) is 12.0 Å². The number of hydrogen-bond acceptors (Lipinski definition) is 3. The van der Waals surface area contributed by atoms with Crippen LogP contribution in [0.5, 0.6) is 0 Å². The van der Waals surface area contributed by atoms with Gasteiger partial charge in [0.1, 0.15) is 12.0 Å². The molecule has 0 saturated heterocycles. The maximum absolute atomic E-state index is 9.97. The van der Waals surface area contributed by atoms with Crippen LogP contribution in [0, 0.1) is 0 Å². The molecular weight excluding hydrogens is 120 g/mol. The molecule has 48 valence electrons. The van der Waals surface area contributed by atoms with E-state index >= 15 is 0 Å². The zero-order valence-corrected chi connectivity index (χ0v) is 4.70. The van der Waals surface area contributed by atoms with E-state index in [1.807, 2.05) is 0 Å². The Hall–Kier alpha value is -1.25. The summed E-state index contributed by atoms with van der Waals surface area (Å²) >= 11 is 0. The van der Waals surface area contributed by atoms with Crippen LogP contribution in [0.1, 0.15) is 6.42 Å². The van der Waals surface area contributed by atoms with Crippen molar-refractivity contribution in [2.75, 3.05) is 0 Å². The fourth-order valence-corrected chi connectivity index (χ4v) is 0.587. The first-order valence-electron chi connectivity index (χ1n) is 2.53. The van der Waals surface area contributed by atoms with Gasteiger partial charge in [-0.15, -0.1) is 0 Å². The average molecular weight is 126 g/mol. The van der Waals surface area contributed by atoms with Crippen molar-refractivity contribution >= 4 is 6.29 Å². The standard InChI is InChI=1S/C6H6O3/c7-3-5-1-2-6(4-8)9-5/h1,3-4,8H,2H2/b6-4+. The van der Waals surface area contributed by atoms with Crippen LogP contribution >= 0.6 is 0 Å². The van der Waals surface area contributed by atoms with E-state index in [0.29, 0.717) is 18.5 Å². The predicted octanol–water partition coefficient (Wildman–Crippen LogP) is 0.889. The second kappa shape index (κ2) is 2.35. The van der Waals surface area contributed by atoms with E-state index in [0.717, 1.165) is 6.26 Å². The third-order valence-corrected chi connectivity index (χ3v) is 1.01. The van der Waals surface area contributed by atoms with Crippen molar-refractivity contribution in [1.29, 1.82) is 0 Å². The third-order valence-electron chi connectivity index (χ3n) is 1.01. The first kappa shape index (κ1) is 5.88. The topological polar surface area (TPSA) is 46.5 Å². The van der Waals surface area contributed by atoms with Crippen molar-refractivity contribution in [3.05, 3.63) is 23.9 Å². The van der Waals surface area contributed by atoms with Crippen molar-refractivity contribution < 1.29 is 14.6 Å². The van der Waals surface area contributed by atoms with Crippen LogP contribution in [0.2, 0.25) is 0 Å². The molecule has 3 nitrogen and oxygen atoms in total. The summed E-state index contributed by atoms with van der Waals surface area (Å²) in [6.07, 6.45) is 3.57. The highest BCUT2D eigenvalue weighted by atomic mass is 16.5. The monoisotopic (exact) mass is 126 g/mol. The summed E-state index contributed by atoms with van der Waals surface area (Å²) in [7, 11) is 0. The van der Waals surface area contributed by atoms with Crippen LogP contribution in [0.25, 0.3) is 0 Å². The molecule has 0 aliphatic carbocycles. The lowest BCUT2D eigenvalue weighted by Crippen LogP contribution is -1.83. The first-order chi connectivity index (χ1) is 4.36. The molecule has 1 heterocycles. The Morgan fingerprint density at radius 3 is 2.89 bits per heavy atom. The molecule has 0 aromatic heterocycles. The summed E-state index contributed by atoms with van der Waals surface area (Å²) in [5.74, 6) is 0.687. The van der Waals surface area contributed by atoms with Crippen molar-refractivity contribution in [2.24, 2.45) is 0 Å². The van der Waals surface area contributed by atoms with E-state index in [-0.39, 0.29) is 5.76 Å². The zero-order valence-electron chi connectivity index (χ0n) is 4.70. The third kappa shape index (κ3) is 1.10. The van der Waals surface area contributed by atoms with Gasteiger partial charge in [0, 0.05) is 6.42 Å². The lowest BCUT2D eigenvalue weighted by atomic mass is 10.4. The van der Waals surface area contributed by atoms with Gasteiger partial charge in [0.2, 0.25) is 0 Å². The highest BCUT2D eigenvalue weighted by Gasteiger charge is 2.08. The molecule has 0 radical (unpaired) electrons. The fourth-order valence-electron chi connectivity index (χ4n) is 0.587. The minimum absolute atomic E-state index is 0.273. The minimum atomic E-state index is 0.273. The molecule has 1 aliphatic rings. The molecular formula is C6H6O3. The Kier molecular flexibility index (Phi) is 1.53. The quantitative estimate of drug-likeness (QED) is 0.419. The highest BCUT2D eigenvalue weighted by molar-refractivity contribution is 5.71. The molecule has 0 saturated carbocycles. The molecule has 0 aromatic carbocycles. The maximum Gasteiger partial charge on any atom is 0.184 e. The maximum atomic E-state index is 9.97. The van der Waals surface area contributed by atoms with Gasteiger partial charge < -0.3 is 9.84 Å². The number of allylic oxidation sites excluding steroid dienone is 2. The van der Waals surface area contributed by atoms with E-state index in [9.17, 15) is 4.79 Å². The largest absolute Gasteiger partial charge is 0.512 e. The summed E-state index contributed by atoms with van der Waals surface area (Å²) < 4.78 is 4.76. The number of aldehydes is 1. The minimum Gasteiger partial charge on any atom is -0.512 e. The van der Waals surface area contributed by atoms with Crippen molar-refractivity contribution in [3.63, 3.8) is 0 Å². The highest BCUT2D eigenvalue weighted by Crippen LogP contribution is 2.17. The van der Waals surface area contributed by atoms with Crippen LogP contribution in [0.15, 0.2) is 23.9 Å². The normalized spacial score (nSPS) is 21.3. The van der Waals surface area contributed by atoms with Crippen LogP contribution in [0.4, 0.5) is 0 Å². The predicted molar refractivity (Wildman–Crippen MR) is 30.6 cm³/mol. The van der Waals surface area contributed by atoms with Gasteiger partial charge in [-0.2, -0.15) is 0 Å². The summed E-state index contributed by atoms with van der Waals surface area (Å²) in [6.45, 7) is 0. The van der Waals surface area contributed by atoms with Gasteiger partial charge in [-0.1, -0.05) is 0 Å². The van der Waals surface area contributed by atoms with Crippen LogP contribution in [-0.4, -0.2) is 11.4 Å². The first-order valence-corrected chi connectivity index (χ1v) is 2.53. The lowest BCUT2D eigenvalue weighted by Gasteiger charge is -1.93. The van der Waals surface area contributed by atoms with E-state index in [2.05, 4.69) is 0 Å². The smallest absolute Gasteiger partial charge is 0.184 e. The van der Waals surface area contributed by atoms with E-state index in [1.165, 1.54) is 0 Å². The number of aliphatic hydroxyl groups excluding tert-OH is 1. The Morgan fingerprint density at radius 1 is 1.78 bits per heavy atom. The molecule has 3 heteroatoms. The molecule has 1 aliphatic heterocycles. The fraction of sp³-hybridized carbons (Fsp3) is 0.167. The zero-order chi connectivity index (χ0) is 6.69. The molecule has 1 rings (SSSR count). The Labute approximate surface area is 52.2 Å². The Bertz CT molecular complexity index is 179. The summed E-state index contributed by atoms with van der Waals surface area (Å²) in [4.78, 5) is 9.97. The molecule has 1 N–H and O–H groups in total.